The zero-order valence-corrected chi connectivity index (χ0v) is 7.59. The molecule has 4 nitrogen and oxygen atoms in total. The minimum absolute atomic E-state index is 0. The van der Waals surface area contributed by atoms with Crippen LogP contribution in [-0.2, 0) is 71.7 Å². The van der Waals surface area contributed by atoms with E-state index in [9.17, 15) is 0 Å². The van der Waals surface area contributed by atoms with Crippen molar-refractivity contribution < 1.29 is 80.0 Å². The Labute approximate surface area is 108 Å². The Kier molecular flexibility index (Phi) is 43.9. The molecule has 0 unspecified atom stereocenters. The molecular weight excluding hydrogens is 311 g/mol. The van der Waals surface area contributed by atoms with Crippen LogP contribution >= 0.6 is 0 Å². The summed E-state index contributed by atoms with van der Waals surface area (Å²) in [5.74, 6) is 0. The summed E-state index contributed by atoms with van der Waals surface area (Å²) in [6.07, 6.45) is 0. The molecule has 0 aromatic carbocycles. The van der Waals surface area contributed by atoms with E-state index in [0.717, 1.165) is 0 Å². The fourth-order valence-electron chi connectivity index (χ4n) is 0. The molecule has 0 aliphatic carbocycles. The van der Waals surface area contributed by atoms with Crippen molar-refractivity contribution in [2.24, 2.45) is 0 Å². The Balaban J connectivity index is -0.0000000133. The molecule has 0 saturated heterocycles. The molecule has 0 aromatic rings. The van der Waals surface area contributed by atoms with Crippen LogP contribution < -0.4 is 0 Å². The van der Waals surface area contributed by atoms with Gasteiger partial charge in [0.15, 0.2) is 0 Å². The molecule has 0 rings (SSSR count). The van der Waals surface area contributed by atoms with E-state index >= 15 is 0 Å². The van der Waals surface area contributed by atoms with Crippen LogP contribution in [0.2, 0.25) is 0 Å². The fourth-order valence-corrected chi connectivity index (χ4v) is 0. The summed E-state index contributed by atoms with van der Waals surface area (Å²) in [4.78, 5) is 0. The Morgan fingerprint density at radius 2 is 1.11 bits per heavy atom. The van der Waals surface area contributed by atoms with Crippen molar-refractivity contribution in [2.45, 2.75) is 0 Å². The van der Waals surface area contributed by atoms with Crippen molar-refractivity contribution in [3.05, 3.63) is 0 Å². The topological polar surface area (TPSA) is 74.6 Å². The summed E-state index contributed by atoms with van der Waals surface area (Å²) in [5, 5.41) is 0. The third-order valence-electron chi connectivity index (χ3n) is 0. The fraction of sp³-hybridized carbons (Fsp3) is 0. The van der Waals surface area contributed by atoms with E-state index in [1.165, 1.54) is 0 Å². The maximum absolute atomic E-state index is 8.80. The second-order valence-corrected chi connectivity index (χ2v) is 1.71. The van der Waals surface area contributed by atoms with Gasteiger partial charge in [-0.2, -0.15) is 0 Å². The third-order valence-corrected chi connectivity index (χ3v) is 0. The van der Waals surface area contributed by atoms with Crippen LogP contribution in [-0.4, -0.2) is 37.9 Å². The third kappa shape index (κ3) is 117. The first-order valence-electron chi connectivity index (χ1n) is 0.647. The molecular formula is H3FeMn2NaNiO4. The predicted octanol–water partition coefficient (Wildman–Crippen LogP) is -2.01. The van der Waals surface area contributed by atoms with Gasteiger partial charge in [0.05, 0.1) is 0 Å². The molecule has 0 amide bonds. The predicted molar refractivity (Wildman–Crippen MR) is 13.0 cm³/mol. The van der Waals surface area contributed by atoms with Crippen molar-refractivity contribution in [1.82, 2.24) is 0 Å². The molecule has 2 N–H and O–H groups in total. The van der Waals surface area contributed by atoms with Crippen molar-refractivity contribution in [3.8, 4) is 0 Å². The standard InChI is InChI=1S/Fe.2Mn.Na.Ni.2H2O.2O.H/h;;;;;2*1H2;;;/q;;+2;;;;;;;/p-2. The summed E-state index contributed by atoms with van der Waals surface area (Å²) < 4.78 is 31.8. The van der Waals surface area contributed by atoms with Gasteiger partial charge in [0.25, 0.3) is 0 Å². The SMILES string of the molecule is [Fe].[Mn].[NaH].[Ni].[O]=[Mn](=[O])([OH])[OH]. The van der Waals surface area contributed by atoms with E-state index < -0.39 is 13.4 Å². The summed E-state index contributed by atoms with van der Waals surface area (Å²) in [7, 11) is 0. The van der Waals surface area contributed by atoms with Gasteiger partial charge in [-0.25, -0.2) is 0 Å². The first-order valence-corrected chi connectivity index (χ1v) is 2.67. The van der Waals surface area contributed by atoms with Crippen LogP contribution in [0.3, 0.4) is 0 Å². The molecule has 0 aliphatic rings. The van der Waals surface area contributed by atoms with Gasteiger partial charge in [-0.1, -0.05) is 0 Å². The van der Waals surface area contributed by atoms with Crippen molar-refractivity contribution >= 4 is 29.6 Å². The van der Waals surface area contributed by atoms with Crippen LogP contribution in [0.1, 0.15) is 0 Å². The minimum atomic E-state index is -5.12. The molecule has 9 heteroatoms. The van der Waals surface area contributed by atoms with Gasteiger partial charge in [0.1, 0.15) is 0 Å². The zero-order chi connectivity index (χ0) is 4.50. The Bertz CT molecular complexity index is 102. The Hall–Kier alpha value is 2.57. The van der Waals surface area contributed by atoms with E-state index in [2.05, 4.69) is 0 Å². The van der Waals surface area contributed by atoms with E-state index in [1.54, 1.807) is 0 Å². The van der Waals surface area contributed by atoms with Crippen LogP contribution in [0.25, 0.3) is 0 Å². The van der Waals surface area contributed by atoms with E-state index in [0.29, 0.717) is 0 Å². The summed E-state index contributed by atoms with van der Waals surface area (Å²) in [6.45, 7) is 0. The second-order valence-electron chi connectivity index (χ2n) is 0.415. The molecule has 0 fully saturated rings. The van der Waals surface area contributed by atoms with Crippen molar-refractivity contribution in [2.75, 3.05) is 0 Å². The summed E-state index contributed by atoms with van der Waals surface area (Å²) >= 11 is -5.12. The van der Waals surface area contributed by atoms with Gasteiger partial charge in [0.2, 0.25) is 0 Å². The normalized spacial score (nSPS) is 6.44. The van der Waals surface area contributed by atoms with Crippen LogP contribution in [0, 0.1) is 0 Å². The van der Waals surface area contributed by atoms with Gasteiger partial charge < -0.3 is 0 Å². The van der Waals surface area contributed by atoms with Gasteiger partial charge >= 0.3 is 59.0 Å². The molecule has 60 valence electrons. The average Bonchev–Trinajstić information content (AvgIpc) is 0.722. The molecule has 0 aliphatic heterocycles. The second kappa shape index (κ2) is 13.2. The first-order chi connectivity index (χ1) is 2.00. The molecule has 0 aromatic heterocycles. The zero-order valence-electron chi connectivity index (χ0n) is 3.14. The van der Waals surface area contributed by atoms with Crippen LogP contribution in [0.15, 0.2) is 0 Å². The first kappa shape index (κ1) is 29.9. The average molecular weight is 314 g/mol. The molecule has 9 heavy (non-hydrogen) atoms. The van der Waals surface area contributed by atoms with Crippen molar-refractivity contribution in [1.29, 1.82) is 0 Å². The number of hydrogen-bond acceptors (Lipinski definition) is 2. The van der Waals surface area contributed by atoms with Crippen molar-refractivity contribution in [3.63, 3.8) is 0 Å². The van der Waals surface area contributed by atoms with Gasteiger partial charge in [0, 0.05) is 50.6 Å². The Morgan fingerprint density at radius 1 is 1.11 bits per heavy atom. The summed E-state index contributed by atoms with van der Waals surface area (Å²) in [5.41, 5.74) is 0. The van der Waals surface area contributed by atoms with Gasteiger partial charge in [-0.05, 0) is 0 Å². The van der Waals surface area contributed by atoms with Gasteiger partial charge in [-0.15, -0.1) is 0 Å². The quantitative estimate of drug-likeness (QED) is 0.507. The molecule has 0 spiro atoms. The van der Waals surface area contributed by atoms with Crippen LogP contribution in [0.4, 0.5) is 0 Å². The van der Waals surface area contributed by atoms with Gasteiger partial charge in [-0.3, -0.25) is 0 Å². The summed E-state index contributed by atoms with van der Waals surface area (Å²) in [6, 6.07) is 0. The Morgan fingerprint density at radius 3 is 1.11 bits per heavy atom. The van der Waals surface area contributed by atoms with E-state index in [-0.39, 0.29) is 80.2 Å². The number of hydrogen-bond donors (Lipinski definition) is 2. The molecule has 1 radical (unpaired) electrons. The van der Waals surface area contributed by atoms with Crippen LogP contribution in [0.5, 0.6) is 0 Å². The molecule has 0 bridgehead atoms. The molecule has 0 heterocycles. The van der Waals surface area contributed by atoms with E-state index in [4.69, 9.17) is 16.0 Å². The molecule has 0 atom stereocenters. The maximum atomic E-state index is 8.80. The number of rotatable bonds is 0. The molecule has 0 saturated carbocycles. The monoisotopic (exact) mass is 314 g/mol. The van der Waals surface area contributed by atoms with E-state index in [1.807, 2.05) is 0 Å².